The molecule has 0 radical (unpaired) electrons. The van der Waals surface area contributed by atoms with Crippen molar-refractivity contribution in [1.82, 2.24) is 4.57 Å². The van der Waals surface area contributed by atoms with Gasteiger partial charge in [0.25, 0.3) is 11.5 Å². The number of carbonyl (C=O) groups is 2. The highest BCUT2D eigenvalue weighted by molar-refractivity contribution is 6.06. The molecule has 0 unspecified atom stereocenters. The molecule has 0 saturated carbocycles. The van der Waals surface area contributed by atoms with E-state index in [0.29, 0.717) is 17.7 Å². The van der Waals surface area contributed by atoms with Gasteiger partial charge in [0.2, 0.25) is 0 Å². The Hall–Kier alpha value is -3.94. The first kappa shape index (κ1) is 21.8. The van der Waals surface area contributed by atoms with Gasteiger partial charge in [-0.15, -0.1) is 0 Å². The lowest BCUT2D eigenvalue weighted by Gasteiger charge is -2.13. The van der Waals surface area contributed by atoms with Gasteiger partial charge in [0, 0.05) is 12.3 Å². The SMILES string of the molecule is CCc1cc(-c2ccc(C(=O)Nc3ccc(=O)n(CC(=O)O)c3)c(OC)c2)ccc1F. The number of anilines is 1. The summed E-state index contributed by atoms with van der Waals surface area (Å²) in [6, 6.07) is 12.4. The summed E-state index contributed by atoms with van der Waals surface area (Å²) in [6.45, 7) is 1.35. The van der Waals surface area contributed by atoms with Crippen molar-refractivity contribution in [3.05, 3.63) is 82.0 Å². The zero-order valence-electron chi connectivity index (χ0n) is 17.0. The average Bonchev–Trinajstić information content (AvgIpc) is 2.75. The fourth-order valence-corrected chi connectivity index (χ4v) is 3.16. The summed E-state index contributed by atoms with van der Waals surface area (Å²) < 4.78 is 20.2. The Labute approximate surface area is 177 Å². The van der Waals surface area contributed by atoms with Crippen molar-refractivity contribution in [2.45, 2.75) is 19.9 Å². The lowest BCUT2D eigenvalue weighted by molar-refractivity contribution is -0.137. The molecular formula is C23H21FN2O5. The minimum Gasteiger partial charge on any atom is -0.496 e. The lowest BCUT2D eigenvalue weighted by Crippen LogP contribution is -2.24. The predicted molar refractivity (Wildman–Crippen MR) is 114 cm³/mol. The molecule has 1 aromatic heterocycles. The number of nitrogens with one attached hydrogen (secondary N) is 1. The number of halogens is 1. The van der Waals surface area contributed by atoms with Crippen LogP contribution in [0.1, 0.15) is 22.8 Å². The zero-order chi connectivity index (χ0) is 22.5. The zero-order valence-corrected chi connectivity index (χ0v) is 17.0. The maximum Gasteiger partial charge on any atom is 0.323 e. The number of nitrogens with zero attached hydrogens (tertiary/aromatic N) is 1. The molecule has 160 valence electrons. The van der Waals surface area contributed by atoms with Crippen molar-refractivity contribution in [2.24, 2.45) is 0 Å². The Kier molecular flexibility index (Phi) is 6.49. The number of pyridine rings is 1. The second-order valence-electron chi connectivity index (χ2n) is 6.81. The minimum atomic E-state index is -1.17. The van der Waals surface area contributed by atoms with Crippen molar-refractivity contribution in [3.8, 4) is 16.9 Å². The summed E-state index contributed by atoms with van der Waals surface area (Å²) in [4.78, 5) is 35.4. The number of ether oxygens (including phenoxy) is 1. The number of carboxylic acids is 1. The number of amides is 1. The average molecular weight is 424 g/mol. The Morgan fingerprint density at radius 3 is 2.48 bits per heavy atom. The first-order valence-electron chi connectivity index (χ1n) is 9.53. The van der Waals surface area contributed by atoms with E-state index in [1.54, 1.807) is 30.3 Å². The Morgan fingerprint density at radius 2 is 1.81 bits per heavy atom. The van der Waals surface area contributed by atoms with Crippen LogP contribution in [0.2, 0.25) is 0 Å². The van der Waals surface area contributed by atoms with Crippen molar-refractivity contribution in [3.63, 3.8) is 0 Å². The maximum absolute atomic E-state index is 13.8. The largest absolute Gasteiger partial charge is 0.496 e. The van der Waals surface area contributed by atoms with Gasteiger partial charge in [-0.1, -0.05) is 19.1 Å². The molecule has 3 aromatic rings. The summed E-state index contributed by atoms with van der Waals surface area (Å²) in [6.07, 6.45) is 1.82. The molecule has 0 aliphatic rings. The minimum absolute atomic E-state index is 0.250. The molecule has 0 saturated heterocycles. The third-order valence-corrected chi connectivity index (χ3v) is 4.75. The van der Waals surface area contributed by atoms with Crippen molar-refractivity contribution in [1.29, 1.82) is 0 Å². The normalized spacial score (nSPS) is 10.5. The van der Waals surface area contributed by atoms with Gasteiger partial charge >= 0.3 is 5.97 Å². The maximum atomic E-state index is 13.8. The Morgan fingerprint density at radius 1 is 1.10 bits per heavy atom. The van der Waals surface area contributed by atoms with Crippen LogP contribution in [-0.4, -0.2) is 28.7 Å². The number of carboxylic acid groups (broad SMARTS) is 1. The standard InChI is InChI=1S/C23H21FN2O5/c1-3-14-10-15(5-8-19(14)24)16-4-7-18(20(11-16)31-2)23(30)25-17-6-9-21(27)26(12-17)13-22(28)29/h4-12H,3,13H2,1-2H3,(H,25,30)(H,28,29). The molecule has 0 bridgehead atoms. The molecule has 0 fully saturated rings. The second kappa shape index (κ2) is 9.25. The van der Waals surface area contributed by atoms with Gasteiger partial charge in [-0.25, -0.2) is 4.39 Å². The van der Waals surface area contributed by atoms with Crippen LogP contribution in [0.4, 0.5) is 10.1 Å². The number of aliphatic carboxylic acids is 1. The van der Waals surface area contributed by atoms with Crippen LogP contribution in [0.3, 0.4) is 0 Å². The molecule has 31 heavy (non-hydrogen) atoms. The summed E-state index contributed by atoms with van der Waals surface area (Å²) in [7, 11) is 1.44. The van der Waals surface area contributed by atoms with Crippen molar-refractivity contribution in [2.75, 3.05) is 12.4 Å². The molecule has 8 heteroatoms. The molecule has 0 atom stereocenters. The Bertz CT molecular complexity index is 1200. The van der Waals surface area contributed by atoms with Gasteiger partial charge in [-0.3, -0.25) is 14.4 Å². The van der Waals surface area contributed by atoms with E-state index in [4.69, 9.17) is 9.84 Å². The fourth-order valence-electron chi connectivity index (χ4n) is 3.16. The first-order chi connectivity index (χ1) is 14.8. The summed E-state index contributed by atoms with van der Waals surface area (Å²) in [5, 5.41) is 11.5. The van der Waals surface area contributed by atoms with E-state index in [1.807, 2.05) is 6.92 Å². The van der Waals surface area contributed by atoms with Crippen LogP contribution >= 0.6 is 0 Å². The van der Waals surface area contributed by atoms with E-state index >= 15 is 0 Å². The van der Waals surface area contributed by atoms with E-state index < -0.39 is 24.0 Å². The molecule has 0 aliphatic carbocycles. The van der Waals surface area contributed by atoms with E-state index in [-0.39, 0.29) is 17.1 Å². The van der Waals surface area contributed by atoms with Crippen LogP contribution < -0.4 is 15.6 Å². The molecule has 0 aliphatic heterocycles. The topological polar surface area (TPSA) is 97.6 Å². The van der Waals surface area contributed by atoms with Crippen LogP contribution in [0.15, 0.2) is 59.5 Å². The number of aryl methyl sites for hydroxylation is 1. The number of methoxy groups -OCH3 is 1. The highest BCUT2D eigenvalue weighted by Crippen LogP contribution is 2.29. The first-order valence-corrected chi connectivity index (χ1v) is 9.53. The molecule has 2 aromatic carbocycles. The van der Waals surface area contributed by atoms with Crippen LogP contribution in [0.5, 0.6) is 5.75 Å². The predicted octanol–water partition coefficient (Wildman–Crippen LogP) is 3.56. The molecule has 2 N–H and O–H groups in total. The van der Waals surface area contributed by atoms with Crippen LogP contribution in [0.25, 0.3) is 11.1 Å². The molecule has 1 amide bonds. The highest BCUT2D eigenvalue weighted by atomic mass is 19.1. The van der Waals surface area contributed by atoms with Crippen molar-refractivity contribution >= 4 is 17.6 Å². The third-order valence-electron chi connectivity index (χ3n) is 4.75. The van der Waals surface area contributed by atoms with Gasteiger partial charge in [-0.05, 0) is 53.4 Å². The number of rotatable bonds is 7. The van der Waals surface area contributed by atoms with E-state index in [0.717, 1.165) is 15.7 Å². The van der Waals surface area contributed by atoms with Crippen molar-refractivity contribution < 1.29 is 23.8 Å². The van der Waals surface area contributed by atoms with E-state index in [2.05, 4.69) is 5.32 Å². The molecule has 1 heterocycles. The number of aromatic nitrogens is 1. The van der Waals surface area contributed by atoms with Gasteiger partial charge in [0.05, 0.1) is 18.4 Å². The summed E-state index contributed by atoms with van der Waals surface area (Å²) in [5.74, 6) is -1.61. The molecular weight excluding hydrogens is 403 g/mol. The number of carbonyl (C=O) groups excluding carboxylic acids is 1. The van der Waals surface area contributed by atoms with Gasteiger partial charge in [0.1, 0.15) is 18.1 Å². The highest BCUT2D eigenvalue weighted by Gasteiger charge is 2.15. The molecule has 0 spiro atoms. The van der Waals surface area contributed by atoms with Crippen LogP contribution in [-0.2, 0) is 17.8 Å². The fraction of sp³-hybridized carbons (Fsp3) is 0.174. The Balaban J connectivity index is 1.89. The monoisotopic (exact) mass is 424 g/mol. The summed E-state index contributed by atoms with van der Waals surface area (Å²) in [5.41, 5.74) is 2.17. The number of hydrogen-bond donors (Lipinski definition) is 2. The third kappa shape index (κ3) is 4.98. The van der Waals surface area contributed by atoms with Gasteiger partial charge in [-0.2, -0.15) is 0 Å². The second-order valence-corrected chi connectivity index (χ2v) is 6.81. The van der Waals surface area contributed by atoms with E-state index in [1.165, 1.54) is 31.5 Å². The molecule has 3 rings (SSSR count). The smallest absolute Gasteiger partial charge is 0.323 e. The molecule has 7 nitrogen and oxygen atoms in total. The van der Waals surface area contributed by atoms with Gasteiger partial charge in [0.15, 0.2) is 0 Å². The quantitative estimate of drug-likeness (QED) is 0.604. The lowest BCUT2D eigenvalue weighted by atomic mass is 9.99. The van der Waals surface area contributed by atoms with Crippen LogP contribution in [0, 0.1) is 5.82 Å². The number of benzene rings is 2. The van der Waals surface area contributed by atoms with E-state index in [9.17, 15) is 18.8 Å². The van der Waals surface area contributed by atoms with Gasteiger partial charge < -0.3 is 19.7 Å². The number of hydrogen-bond acceptors (Lipinski definition) is 4. The summed E-state index contributed by atoms with van der Waals surface area (Å²) >= 11 is 0.